The number of rotatable bonds is 8. The second-order valence-corrected chi connectivity index (χ2v) is 9.26. The highest BCUT2D eigenvalue weighted by atomic mass is 32.2. The minimum absolute atomic E-state index is 0.00343. The Hall–Kier alpha value is -2.38. The summed E-state index contributed by atoms with van der Waals surface area (Å²) in [4.78, 5) is 14.5. The number of amides is 1. The van der Waals surface area contributed by atoms with Crippen molar-refractivity contribution in [3.05, 3.63) is 59.7 Å². The highest BCUT2D eigenvalue weighted by molar-refractivity contribution is 7.89. The first-order chi connectivity index (χ1) is 13.9. The molecule has 1 fully saturated rings. The maximum atomic E-state index is 12.8. The zero-order chi connectivity index (χ0) is 20.9. The number of aryl methyl sites for hydroxylation is 1. The fourth-order valence-corrected chi connectivity index (χ4v) is 5.13. The lowest BCUT2D eigenvalue weighted by molar-refractivity contribution is -0.130. The zero-order valence-corrected chi connectivity index (χ0v) is 17.8. The van der Waals surface area contributed by atoms with Crippen LogP contribution in [0.2, 0.25) is 0 Å². The van der Waals surface area contributed by atoms with Crippen molar-refractivity contribution >= 4 is 15.9 Å². The molecule has 3 rings (SSSR count). The van der Waals surface area contributed by atoms with Crippen LogP contribution in [0, 0.1) is 0 Å². The number of carbonyl (C=O) groups is 1. The van der Waals surface area contributed by atoms with Crippen molar-refractivity contribution < 1.29 is 17.9 Å². The fourth-order valence-electron chi connectivity index (χ4n) is 3.57. The average molecular weight is 417 g/mol. The van der Waals surface area contributed by atoms with Crippen LogP contribution in [0.5, 0.6) is 5.75 Å². The number of hydrogen-bond donors (Lipinski definition) is 0. The van der Waals surface area contributed by atoms with E-state index in [1.54, 1.807) is 37.3 Å². The van der Waals surface area contributed by atoms with Gasteiger partial charge in [-0.15, -0.1) is 0 Å². The Kier molecular flexibility index (Phi) is 6.92. The molecule has 0 atom stereocenters. The summed E-state index contributed by atoms with van der Waals surface area (Å²) >= 11 is 0. The van der Waals surface area contributed by atoms with Gasteiger partial charge in [-0.3, -0.25) is 4.79 Å². The van der Waals surface area contributed by atoms with Gasteiger partial charge in [0.2, 0.25) is 15.9 Å². The third-order valence-electron chi connectivity index (χ3n) is 5.25. The van der Waals surface area contributed by atoms with Gasteiger partial charge in [0, 0.05) is 33.1 Å². The lowest BCUT2D eigenvalue weighted by atomic mass is 10.1. The maximum absolute atomic E-state index is 12.8. The van der Waals surface area contributed by atoms with Gasteiger partial charge in [0.05, 0.1) is 12.0 Å². The minimum Gasteiger partial charge on any atom is -0.496 e. The van der Waals surface area contributed by atoms with Gasteiger partial charge in [-0.25, -0.2) is 8.42 Å². The van der Waals surface area contributed by atoms with Crippen molar-refractivity contribution in [1.82, 2.24) is 9.21 Å². The second kappa shape index (κ2) is 9.41. The lowest BCUT2D eigenvalue weighted by Gasteiger charge is -2.19. The van der Waals surface area contributed by atoms with Gasteiger partial charge in [0.15, 0.2) is 0 Å². The normalized spacial score (nSPS) is 14.7. The van der Waals surface area contributed by atoms with Crippen LogP contribution in [0.25, 0.3) is 0 Å². The molecule has 0 bridgehead atoms. The molecule has 0 aromatic heterocycles. The summed E-state index contributed by atoms with van der Waals surface area (Å²) < 4.78 is 32.6. The molecular weight excluding hydrogens is 388 g/mol. The summed E-state index contributed by atoms with van der Waals surface area (Å²) in [6.07, 6.45) is 2.49. The van der Waals surface area contributed by atoms with Crippen LogP contribution in [-0.2, 0) is 27.8 Å². The van der Waals surface area contributed by atoms with Crippen LogP contribution in [-0.4, -0.2) is 50.8 Å². The summed E-state index contributed by atoms with van der Waals surface area (Å²) in [5.41, 5.74) is 1.80. The molecule has 0 aliphatic carbocycles. The van der Waals surface area contributed by atoms with Crippen LogP contribution in [0.4, 0.5) is 0 Å². The molecule has 0 spiro atoms. The quantitative estimate of drug-likeness (QED) is 0.663. The first kappa shape index (κ1) is 21.3. The van der Waals surface area contributed by atoms with Gasteiger partial charge in [-0.1, -0.05) is 30.3 Å². The molecule has 0 N–H and O–H groups in total. The molecule has 156 valence electrons. The van der Waals surface area contributed by atoms with Crippen LogP contribution in [0.1, 0.15) is 30.4 Å². The molecular formula is C22H28N2O4S. The van der Waals surface area contributed by atoms with E-state index in [1.165, 1.54) is 4.31 Å². The summed E-state index contributed by atoms with van der Waals surface area (Å²) in [5, 5.41) is 0. The van der Waals surface area contributed by atoms with Crippen molar-refractivity contribution in [1.29, 1.82) is 0 Å². The molecule has 0 saturated carbocycles. The van der Waals surface area contributed by atoms with Crippen molar-refractivity contribution in [3.8, 4) is 5.75 Å². The highest BCUT2D eigenvalue weighted by Crippen LogP contribution is 2.27. The molecule has 2 aromatic rings. The van der Waals surface area contributed by atoms with Crippen molar-refractivity contribution in [3.63, 3.8) is 0 Å². The van der Waals surface area contributed by atoms with Crippen LogP contribution >= 0.6 is 0 Å². The summed E-state index contributed by atoms with van der Waals surface area (Å²) in [6.45, 7) is 1.67. The Balaban J connectivity index is 1.70. The predicted octanol–water partition coefficient (Wildman–Crippen LogP) is 3.07. The summed E-state index contributed by atoms with van der Waals surface area (Å²) in [6, 6.07) is 14.7. The first-order valence-corrected chi connectivity index (χ1v) is 11.3. The molecule has 29 heavy (non-hydrogen) atoms. The van der Waals surface area contributed by atoms with Crippen molar-refractivity contribution in [2.24, 2.45) is 0 Å². The van der Waals surface area contributed by atoms with Gasteiger partial charge in [-0.2, -0.15) is 4.31 Å². The number of carbonyl (C=O) groups excluding carboxylic acids is 1. The molecule has 2 aromatic carbocycles. The first-order valence-electron chi connectivity index (χ1n) is 9.87. The van der Waals surface area contributed by atoms with E-state index >= 15 is 0 Å². The maximum Gasteiger partial charge on any atom is 0.243 e. The number of sulfonamides is 1. The Morgan fingerprint density at radius 2 is 1.79 bits per heavy atom. The van der Waals surface area contributed by atoms with E-state index in [1.807, 2.05) is 30.3 Å². The van der Waals surface area contributed by atoms with E-state index in [-0.39, 0.29) is 17.2 Å². The smallest absolute Gasteiger partial charge is 0.243 e. The van der Waals surface area contributed by atoms with Crippen molar-refractivity contribution in [2.75, 3.05) is 27.2 Å². The van der Waals surface area contributed by atoms with Gasteiger partial charge in [0.1, 0.15) is 5.75 Å². The third-order valence-corrected chi connectivity index (χ3v) is 7.15. The van der Waals surface area contributed by atoms with E-state index in [2.05, 4.69) is 0 Å². The predicted molar refractivity (Wildman–Crippen MR) is 112 cm³/mol. The summed E-state index contributed by atoms with van der Waals surface area (Å²) in [7, 11) is -0.168. The van der Waals surface area contributed by atoms with E-state index in [4.69, 9.17) is 4.74 Å². The van der Waals surface area contributed by atoms with Gasteiger partial charge >= 0.3 is 0 Å². The Morgan fingerprint density at radius 1 is 1.10 bits per heavy atom. The zero-order valence-electron chi connectivity index (χ0n) is 17.0. The van der Waals surface area contributed by atoms with Crippen molar-refractivity contribution in [2.45, 2.75) is 37.1 Å². The van der Waals surface area contributed by atoms with Gasteiger partial charge in [0.25, 0.3) is 0 Å². The fraction of sp³-hybridized carbons (Fsp3) is 0.409. The van der Waals surface area contributed by atoms with Crippen LogP contribution < -0.4 is 4.74 Å². The number of hydrogen-bond acceptors (Lipinski definition) is 4. The standard InChI is InChI=1S/C22H28N2O4S/c1-23(17-18-8-4-3-5-9-18)22(25)13-10-19-16-20(11-12-21(19)28-2)29(26,27)24-14-6-7-15-24/h3-5,8-9,11-12,16H,6-7,10,13-15,17H2,1-2H3. The lowest BCUT2D eigenvalue weighted by Crippen LogP contribution is -2.28. The molecule has 0 unspecified atom stereocenters. The van der Waals surface area contributed by atoms with Crippen LogP contribution in [0.15, 0.2) is 53.4 Å². The Morgan fingerprint density at radius 3 is 2.45 bits per heavy atom. The molecule has 1 heterocycles. The molecule has 7 heteroatoms. The largest absolute Gasteiger partial charge is 0.496 e. The number of methoxy groups -OCH3 is 1. The van der Waals surface area contributed by atoms with E-state index in [9.17, 15) is 13.2 Å². The summed E-state index contributed by atoms with van der Waals surface area (Å²) in [5.74, 6) is 0.604. The number of ether oxygens (including phenoxy) is 1. The molecule has 6 nitrogen and oxygen atoms in total. The van der Waals surface area contributed by atoms with Gasteiger partial charge in [-0.05, 0) is 48.6 Å². The number of nitrogens with zero attached hydrogens (tertiary/aromatic N) is 2. The molecule has 1 amide bonds. The second-order valence-electron chi connectivity index (χ2n) is 7.32. The van der Waals surface area contributed by atoms with E-state index < -0.39 is 10.0 Å². The Bertz CT molecular complexity index is 939. The Labute approximate surface area is 173 Å². The third kappa shape index (κ3) is 5.16. The molecule has 0 radical (unpaired) electrons. The average Bonchev–Trinajstić information content (AvgIpc) is 3.28. The minimum atomic E-state index is -3.50. The van der Waals surface area contributed by atoms with Gasteiger partial charge < -0.3 is 9.64 Å². The monoisotopic (exact) mass is 416 g/mol. The highest BCUT2D eigenvalue weighted by Gasteiger charge is 2.27. The van der Waals surface area contributed by atoms with E-state index in [0.717, 1.165) is 24.0 Å². The van der Waals surface area contributed by atoms with Crippen LogP contribution in [0.3, 0.4) is 0 Å². The molecule has 1 aliphatic rings. The molecule has 1 saturated heterocycles. The van der Waals surface area contributed by atoms with E-state index in [0.29, 0.717) is 31.8 Å². The topological polar surface area (TPSA) is 66.9 Å². The molecule has 1 aliphatic heterocycles. The number of benzene rings is 2. The SMILES string of the molecule is COc1ccc(S(=O)(=O)N2CCCC2)cc1CCC(=O)N(C)Cc1ccccc1.